The van der Waals surface area contributed by atoms with E-state index in [-0.39, 0.29) is 0 Å². The molecule has 2 saturated heterocycles. The SMILES string of the molecule is CN1CC2CC1CN2c1ccc(N)nc1. The van der Waals surface area contributed by atoms with Gasteiger partial charge in [-0.2, -0.15) is 0 Å². The summed E-state index contributed by atoms with van der Waals surface area (Å²) in [5, 5.41) is 0. The molecule has 2 aliphatic rings. The van der Waals surface area contributed by atoms with Gasteiger partial charge in [0.05, 0.1) is 11.9 Å². The number of nitrogens with zero attached hydrogens (tertiary/aromatic N) is 3. The van der Waals surface area contributed by atoms with E-state index in [2.05, 4.69) is 27.9 Å². The van der Waals surface area contributed by atoms with E-state index >= 15 is 0 Å². The Hall–Kier alpha value is -1.29. The predicted octanol–water partition coefficient (Wildman–Crippen LogP) is 0.556. The normalized spacial score (nSPS) is 30.1. The number of pyridine rings is 1. The van der Waals surface area contributed by atoms with Gasteiger partial charge in [-0.25, -0.2) is 4.98 Å². The summed E-state index contributed by atoms with van der Waals surface area (Å²) in [4.78, 5) is 9.05. The summed E-state index contributed by atoms with van der Waals surface area (Å²) in [6, 6.07) is 5.35. The molecule has 2 bridgehead atoms. The van der Waals surface area contributed by atoms with Crippen LogP contribution in [0.2, 0.25) is 0 Å². The van der Waals surface area contributed by atoms with E-state index < -0.39 is 0 Å². The molecule has 0 aromatic carbocycles. The monoisotopic (exact) mass is 204 g/mol. The first-order chi connectivity index (χ1) is 7.24. The number of hydrogen-bond acceptors (Lipinski definition) is 4. The van der Waals surface area contributed by atoms with Crippen molar-refractivity contribution in [1.82, 2.24) is 9.88 Å². The lowest BCUT2D eigenvalue weighted by atomic mass is 10.2. The zero-order valence-corrected chi connectivity index (χ0v) is 8.93. The Bertz CT molecular complexity index is 359. The Kier molecular flexibility index (Phi) is 1.85. The molecule has 0 spiro atoms. The molecule has 1 aromatic rings. The molecule has 0 amide bonds. The first-order valence-corrected chi connectivity index (χ1v) is 5.42. The Morgan fingerprint density at radius 2 is 2.20 bits per heavy atom. The van der Waals surface area contributed by atoms with Gasteiger partial charge in [0.1, 0.15) is 5.82 Å². The molecule has 0 radical (unpaired) electrons. The topological polar surface area (TPSA) is 45.4 Å². The number of anilines is 2. The molecule has 80 valence electrons. The molecular weight excluding hydrogens is 188 g/mol. The first-order valence-electron chi connectivity index (χ1n) is 5.42. The zero-order chi connectivity index (χ0) is 10.4. The third kappa shape index (κ3) is 1.36. The number of nitrogen functional groups attached to an aromatic ring is 1. The summed E-state index contributed by atoms with van der Waals surface area (Å²) >= 11 is 0. The van der Waals surface area contributed by atoms with Crippen molar-refractivity contribution in [2.45, 2.75) is 18.5 Å². The summed E-state index contributed by atoms with van der Waals surface area (Å²) < 4.78 is 0. The summed E-state index contributed by atoms with van der Waals surface area (Å²) in [5.74, 6) is 0.597. The average Bonchev–Trinajstić information content (AvgIpc) is 2.77. The fourth-order valence-corrected chi connectivity index (χ4v) is 2.75. The van der Waals surface area contributed by atoms with Gasteiger partial charge in [-0.15, -0.1) is 0 Å². The molecule has 2 unspecified atom stereocenters. The molecule has 0 saturated carbocycles. The Balaban J connectivity index is 1.83. The van der Waals surface area contributed by atoms with Crippen molar-refractivity contribution in [2.75, 3.05) is 30.8 Å². The number of nitrogens with two attached hydrogens (primary N) is 1. The Morgan fingerprint density at radius 3 is 2.73 bits per heavy atom. The number of rotatable bonds is 1. The number of aromatic nitrogens is 1. The summed E-state index contributed by atoms with van der Waals surface area (Å²) in [6.45, 7) is 2.31. The van der Waals surface area contributed by atoms with Crippen LogP contribution in [0.25, 0.3) is 0 Å². The van der Waals surface area contributed by atoms with Gasteiger partial charge in [0, 0.05) is 25.2 Å². The number of piperazine rings is 1. The Morgan fingerprint density at radius 1 is 1.33 bits per heavy atom. The largest absolute Gasteiger partial charge is 0.384 e. The molecule has 15 heavy (non-hydrogen) atoms. The highest BCUT2D eigenvalue weighted by Gasteiger charge is 2.41. The molecule has 1 aromatic heterocycles. The lowest BCUT2D eigenvalue weighted by Crippen LogP contribution is -2.44. The van der Waals surface area contributed by atoms with E-state index in [0.29, 0.717) is 11.9 Å². The van der Waals surface area contributed by atoms with Gasteiger partial charge in [-0.05, 0) is 25.6 Å². The average molecular weight is 204 g/mol. The van der Waals surface area contributed by atoms with Crippen LogP contribution in [0.3, 0.4) is 0 Å². The van der Waals surface area contributed by atoms with Crippen LogP contribution in [0.15, 0.2) is 18.3 Å². The van der Waals surface area contributed by atoms with Gasteiger partial charge in [-0.3, -0.25) is 4.90 Å². The summed E-state index contributed by atoms with van der Waals surface area (Å²) in [5.41, 5.74) is 6.80. The van der Waals surface area contributed by atoms with Crippen LogP contribution in [0.5, 0.6) is 0 Å². The third-order valence-electron chi connectivity index (χ3n) is 3.62. The van der Waals surface area contributed by atoms with E-state index in [1.165, 1.54) is 18.7 Å². The van der Waals surface area contributed by atoms with Crippen LogP contribution in [-0.4, -0.2) is 42.1 Å². The third-order valence-corrected chi connectivity index (χ3v) is 3.62. The molecule has 3 rings (SSSR count). The van der Waals surface area contributed by atoms with Crippen LogP contribution in [0.1, 0.15) is 6.42 Å². The lowest BCUT2D eigenvalue weighted by Gasteiger charge is -2.33. The minimum atomic E-state index is 0.597. The fraction of sp³-hybridized carbons (Fsp3) is 0.545. The molecule has 4 heteroatoms. The van der Waals surface area contributed by atoms with Gasteiger partial charge >= 0.3 is 0 Å². The maximum absolute atomic E-state index is 5.59. The van der Waals surface area contributed by atoms with Crippen LogP contribution < -0.4 is 10.6 Å². The molecular formula is C11H16N4. The van der Waals surface area contributed by atoms with Crippen molar-refractivity contribution in [1.29, 1.82) is 0 Å². The fourth-order valence-electron chi connectivity index (χ4n) is 2.75. The van der Waals surface area contributed by atoms with Crippen molar-refractivity contribution in [3.05, 3.63) is 18.3 Å². The quantitative estimate of drug-likeness (QED) is 0.726. The second-order valence-corrected chi connectivity index (χ2v) is 4.58. The highest BCUT2D eigenvalue weighted by molar-refractivity contribution is 5.51. The van der Waals surface area contributed by atoms with Crippen molar-refractivity contribution in [2.24, 2.45) is 0 Å². The second kappa shape index (κ2) is 3.10. The smallest absolute Gasteiger partial charge is 0.123 e. The van der Waals surface area contributed by atoms with E-state index in [0.717, 1.165) is 12.6 Å². The predicted molar refractivity (Wildman–Crippen MR) is 60.8 cm³/mol. The van der Waals surface area contributed by atoms with Gasteiger partial charge in [0.15, 0.2) is 0 Å². The van der Waals surface area contributed by atoms with Gasteiger partial charge < -0.3 is 10.6 Å². The van der Waals surface area contributed by atoms with E-state index in [1.807, 2.05) is 12.3 Å². The number of likely N-dealkylation sites (N-methyl/N-ethyl adjacent to an activating group) is 1. The maximum Gasteiger partial charge on any atom is 0.123 e. The zero-order valence-electron chi connectivity index (χ0n) is 8.93. The molecule has 3 heterocycles. The number of hydrogen-bond donors (Lipinski definition) is 1. The summed E-state index contributed by atoms with van der Waals surface area (Å²) in [7, 11) is 2.21. The Labute approximate surface area is 89.7 Å². The minimum absolute atomic E-state index is 0.597. The van der Waals surface area contributed by atoms with Crippen LogP contribution >= 0.6 is 0 Å². The molecule has 2 fully saturated rings. The minimum Gasteiger partial charge on any atom is -0.384 e. The standard InChI is InChI=1S/C11H16N4/c1-14-6-10-4-9(14)7-15(10)8-2-3-11(12)13-5-8/h2-3,5,9-10H,4,6-7H2,1H3,(H2,12,13). The van der Waals surface area contributed by atoms with E-state index in [4.69, 9.17) is 5.73 Å². The van der Waals surface area contributed by atoms with Crippen molar-refractivity contribution >= 4 is 11.5 Å². The van der Waals surface area contributed by atoms with Crippen molar-refractivity contribution < 1.29 is 0 Å². The lowest BCUT2D eigenvalue weighted by molar-refractivity contribution is 0.292. The van der Waals surface area contributed by atoms with E-state index in [9.17, 15) is 0 Å². The van der Waals surface area contributed by atoms with E-state index in [1.54, 1.807) is 0 Å². The molecule has 2 atom stereocenters. The maximum atomic E-state index is 5.59. The first kappa shape index (κ1) is 8.97. The van der Waals surface area contributed by atoms with Crippen molar-refractivity contribution in [3.63, 3.8) is 0 Å². The van der Waals surface area contributed by atoms with Gasteiger partial charge in [0.2, 0.25) is 0 Å². The number of likely N-dealkylation sites (tertiary alicyclic amines) is 1. The van der Waals surface area contributed by atoms with Gasteiger partial charge in [-0.1, -0.05) is 0 Å². The van der Waals surface area contributed by atoms with Crippen LogP contribution in [0, 0.1) is 0 Å². The summed E-state index contributed by atoms with van der Waals surface area (Å²) in [6.07, 6.45) is 3.18. The highest BCUT2D eigenvalue weighted by Crippen LogP contribution is 2.33. The van der Waals surface area contributed by atoms with Gasteiger partial charge in [0.25, 0.3) is 0 Å². The van der Waals surface area contributed by atoms with Crippen molar-refractivity contribution in [3.8, 4) is 0 Å². The second-order valence-electron chi connectivity index (χ2n) is 4.58. The van der Waals surface area contributed by atoms with Crippen LogP contribution in [0.4, 0.5) is 11.5 Å². The molecule has 4 nitrogen and oxygen atoms in total. The molecule has 0 aliphatic carbocycles. The molecule has 2 N–H and O–H groups in total. The number of fused-ring (bicyclic) bond motifs is 2. The molecule has 2 aliphatic heterocycles. The highest BCUT2D eigenvalue weighted by atomic mass is 15.3. The van der Waals surface area contributed by atoms with Crippen LogP contribution in [-0.2, 0) is 0 Å².